The summed E-state index contributed by atoms with van der Waals surface area (Å²) in [6.45, 7) is 5.52. The van der Waals surface area contributed by atoms with Crippen LogP contribution in [0.5, 0.6) is 5.75 Å². The van der Waals surface area contributed by atoms with Crippen molar-refractivity contribution in [3.05, 3.63) is 86.6 Å². The van der Waals surface area contributed by atoms with E-state index in [9.17, 15) is 14.7 Å². The summed E-state index contributed by atoms with van der Waals surface area (Å²) in [4.78, 5) is 33.0. The van der Waals surface area contributed by atoms with E-state index in [0.29, 0.717) is 22.0 Å². The Balaban J connectivity index is 1.93. The van der Waals surface area contributed by atoms with Gasteiger partial charge in [0.15, 0.2) is 5.76 Å². The third-order valence-corrected chi connectivity index (χ3v) is 6.34. The number of benzene rings is 2. The summed E-state index contributed by atoms with van der Waals surface area (Å²) < 4.78 is 5.47. The van der Waals surface area contributed by atoms with Crippen LogP contribution in [0, 0.1) is 20.8 Å². The highest BCUT2D eigenvalue weighted by molar-refractivity contribution is 7.14. The third kappa shape index (κ3) is 3.51. The van der Waals surface area contributed by atoms with Crippen molar-refractivity contribution in [1.29, 1.82) is 0 Å². The maximum Gasteiger partial charge on any atom is 0.294 e. The highest BCUT2D eigenvalue weighted by Gasteiger charge is 2.46. The van der Waals surface area contributed by atoms with Gasteiger partial charge in [-0.3, -0.25) is 14.5 Å². The number of aromatic nitrogens is 1. The maximum atomic E-state index is 13.6. The first-order valence-corrected chi connectivity index (χ1v) is 10.6. The predicted molar refractivity (Wildman–Crippen MR) is 120 cm³/mol. The molecular formula is C24H22N2O4S. The normalized spacial score (nSPS) is 16.2. The Morgan fingerprint density at radius 3 is 2.52 bits per heavy atom. The van der Waals surface area contributed by atoms with Gasteiger partial charge in [-0.1, -0.05) is 42.0 Å². The lowest BCUT2D eigenvalue weighted by molar-refractivity contribution is -0.117. The third-order valence-electron chi connectivity index (χ3n) is 5.27. The first kappa shape index (κ1) is 20.8. The largest absolute Gasteiger partial charge is 0.503 e. The predicted octanol–water partition coefficient (Wildman–Crippen LogP) is 4.86. The van der Waals surface area contributed by atoms with Crippen molar-refractivity contribution in [2.45, 2.75) is 26.8 Å². The molecule has 4 rings (SSSR count). The standard InChI is InChI=1S/C24H22N2O4S/c1-13-8-7-9-16(12-13)20-19(21(27)23-14(2)25-15(3)31-23)22(28)24(29)26(20)17-10-5-6-11-18(17)30-4/h5-12,20,28H,1-4H3. The highest BCUT2D eigenvalue weighted by atomic mass is 32.1. The molecule has 1 atom stereocenters. The summed E-state index contributed by atoms with van der Waals surface area (Å²) in [7, 11) is 1.52. The molecule has 1 unspecified atom stereocenters. The van der Waals surface area contributed by atoms with E-state index in [4.69, 9.17) is 4.74 Å². The number of carbonyl (C=O) groups is 2. The van der Waals surface area contributed by atoms with Crippen molar-refractivity contribution in [2.24, 2.45) is 0 Å². The molecule has 0 fully saturated rings. The van der Waals surface area contributed by atoms with E-state index in [2.05, 4.69) is 4.98 Å². The van der Waals surface area contributed by atoms with Crippen molar-refractivity contribution in [3.63, 3.8) is 0 Å². The number of hydrogen-bond acceptors (Lipinski definition) is 6. The minimum atomic E-state index is -0.794. The number of carbonyl (C=O) groups excluding carboxylic acids is 2. The highest BCUT2D eigenvalue weighted by Crippen LogP contribution is 2.45. The second-order valence-corrected chi connectivity index (χ2v) is 8.61. The maximum absolute atomic E-state index is 13.6. The van der Waals surface area contributed by atoms with Gasteiger partial charge < -0.3 is 9.84 Å². The van der Waals surface area contributed by atoms with E-state index in [1.165, 1.54) is 23.3 Å². The zero-order valence-corrected chi connectivity index (χ0v) is 18.5. The van der Waals surface area contributed by atoms with Crippen molar-refractivity contribution in [1.82, 2.24) is 4.98 Å². The fraction of sp³-hybridized carbons (Fsp3) is 0.208. The molecule has 2 aromatic carbocycles. The number of aliphatic hydroxyl groups excluding tert-OH is 1. The van der Waals surface area contributed by atoms with Gasteiger partial charge in [0.1, 0.15) is 5.75 Å². The number of ketones is 1. The average Bonchev–Trinajstić information content (AvgIpc) is 3.23. The van der Waals surface area contributed by atoms with Gasteiger partial charge >= 0.3 is 0 Å². The van der Waals surface area contributed by atoms with Gasteiger partial charge in [-0.25, -0.2) is 4.98 Å². The quantitative estimate of drug-likeness (QED) is 0.580. The first-order valence-electron chi connectivity index (χ1n) is 9.78. The number of aryl methyl sites for hydroxylation is 3. The Bertz CT molecular complexity index is 1230. The van der Waals surface area contributed by atoms with Gasteiger partial charge in [0.25, 0.3) is 5.91 Å². The Morgan fingerprint density at radius 1 is 1.13 bits per heavy atom. The van der Waals surface area contributed by atoms with Crippen molar-refractivity contribution < 1.29 is 19.4 Å². The van der Waals surface area contributed by atoms with E-state index in [-0.39, 0.29) is 5.57 Å². The SMILES string of the molecule is COc1ccccc1N1C(=O)C(O)=C(C(=O)c2sc(C)nc2C)C1c1cccc(C)c1. The number of methoxy groups -OCH3 is 1. The molecule has 158 valence electrons. The molecule has 31 heavy (non-hydrogen) atoms. The summed E-state index contributed by atoms with van der Waals surface area (Å²) in [5.41, 5.74) is 2.82. The molecule has 1 N–H and O–H groups in total. The lowest BCUT2D eigenvalue weighted by atomic mass is 9.94. The van der Waals surface area contributed by atoms with Gasteiger partial charge in [0.2, 0.25) is 5.78 Å². The second-order valence-electron chi connectivity index (χ2n) is 7.40. The van der Waals surface area contributed by atoms with Crippen LogP contribution in [0.25, 0.3) is 0 Å². The molecule has 1 aliphatic heterocycles. The van der Waals surface area contributed by atoms with Crippen LogP contribution < -0.4 is 9.64 Å². The number of anilines is 1. The Morgan fingerprint density at radius 2 is 1.87 bits per heavy atom. The Hall–Kier alpha value is -3.45. The summed E-state index contributed by atoms with van der Waals surface area (Å²) >= 11 is 1.26. The van der Waals surface area contributed by atoms with E-state index >= 15 is 0 Å². The smallest absolute Gasteiger partial charge is 0.294 e. The van der Waals surface area contributed by atoms with E-state index in [0.717, 1.165) is 16.1 Å². The fourth-order valence-electron chi connectivity index (χ4n) is 3.93. The molecule has 2 heterocycles. The van der Waals surface area contributed by atoms with Crippen LogP contribution in [-0.4, -0.2) is 28.9 Å². The van der Waals surface area contributed by atoms with Gasteiger partial charge in [0.05, 0.1) is 40.0 Å². The first-order chi connectivity index (χ1) is 14.8. The van der Waals surface area contributed by atoms with E-state index in [1.807, 2.05) is 38.1 Å². The van der Waals surface area contributed by atoms with Crippen LogP contribution in [0.1, 0.15) is 37.5 Å². The number of para-hydroxylation sites is 2. The topological polar surface area (TPSA) is 79.7 Å². The molecule has 0 bridgehead atoms. The van der Waals surface area contributed by atoms with Crippen LogP contribution in [-0.2, 0) is 4.79 Å². The summed E-state index contributed by atoms with van der Waals surface area (Å²) in [5.74, 6) is -1.11. The molecule has 0 aliphatic carbocycles. The van der Waals surface area contributed by atoms with Crippen LogP contribution in [0.4, 0.5) is 5.69 Å². The van der Waals surface area contributed by atoms with Gasteiger partial charge in [0, 0.05) is 0 Å². The number of thiazole rings is 1. The van der Waals surface area contributed by atoms with Crippen molar-refractivity contribution >= 4 is 28.7 Å². The number of rotatable bonds is 5. The van der Waals surface area contributed by atoms with Gasteiger partial charge in [-0.15, -0.1) is 11.3 Å². The summed E-state index contributed by atoms with van der Waals surface area (Å²) in [6, 6.07) is 13.8. The molecule has 1 aromatic heterocycles. The molecule has 6 nitrogen and oxygen atoms in total. The molecule has 0 saturated heterocycles. The minimum absolute atomic E-state index is 0.0493. The zero-order valence-electron chi connectivity index (χ0n) is 17.7. The molecule has 3 aromatic rings. The van der Waals surface area contributed by atoms with Crippen LogP contribution in [0.2, 0.25) is 0 Å². The van der Waals surface area contributed by atoms with Crippen LogP contribution >= 0.6 is 11.3 Å². The lowest BCUT2D eigenvalue weighted by Crippen LogP contribution is -2.31. The van der Waals surface area contributed by atoms with Crippen molar-refractivity contribution in [3.8, 4) is 5.75 Å². The molecular weight excluding hydrogens is 412 g/mol. The lowest BCUT2D eigenvalue weighted by Gasteiger charge is -2.28. The molecule has 0 radical (unpaired) electrons. The molecule has 1 aliphatic rings. The number of ether oxygens (including phenoxy) is 1. The minimum Gasteiger partial charge on any atom is -0.503 e. The van der Waals surface area contributed by atoms with Crippen molar-refractivity contribution in [2.75, 3.05) is 12.0 Å². The Kier molecular flexibility index (Phi) is 5.37. The number of hydrogen-bond donors (Lipinski definition) is 1. The monoisotopic (exact) mass is 434 g/mol. The number of nitrogens with zero attached hydrogens (tertiary/aromatic N) is 2. The number of aliphatic hydroxyl groups is 1. The Labute approximate surface area is 184 Å². The zero-order chi connectivity index (χ0) is 22.3. The fourth-order valence-corrected chi connectivity index (χ4v) is 4.81. The van der Waals surface area contributed by atoms with Crippen LogP contribution in [0.15, 0.2) is 59.9 Å². The number of amides is 1. The van der Waals surface area contributed by atoms with Gasteiger partial charge in [-0.2, -0.15) is 0 Å². The second kappa shape index (κ2) is 8.00. The van der Waals surface area contributed by atoms with Crippen LogP contribution in [0.3, 0.4) is 0 Å². The molecule has 1 amide bonds. The average molecular weight is 435 g/mol. The number of Topliss-reactive ketones (excluding diaryl/α,β-unsaturated/α-hetero) is 1. The van der Waals surface area contributed by atoms with E-state index in [1.54, 1.807) is 31.2 Å². The molecule has 0 spiro atoms. The molecule has 7 heteroatoms. The van der Waals surface area contributed by atoms with Gasteiger partial charge in [-0.05, 0) is 38.5 Å². The summed E-state index contributed by atoms with van der Waals surface area (Å²) in [6.07, 6.45) is 0. The van der Waals surface area contributed by atoms with E-state index < -0.39 is 23.5 Å². The summed E-state index contributed by atoms with van der Waals surface area (Å²) in [5, 5.41) is 11.6. The molecule has 0 saturated carbocycles.